The number of rotatable bonds is 4. The lowest BCUT2D eigenvalue weighted by Crippen LogP contribution is -2.38. The molecule has 2 aromatic carbocycles. The van der Waals surface area contributed by atoms with Crippen molar-refractivity contribution >= 4 is 32.7 Å². The monoisotopic (exact) mass is 440 g/mol. The Morgan fingerprint density at radius 1 is 1.18 bits per heavy atom. The molecule has 0 fully saturated rings. The molecule has 0 spiro atoms. The molecular weight excluding hydrogens is 420 g/mol. The fraction of sp³-hybridized carbons (Fsp3) is 0.318. The summed E-state index contributed by atoms with van der Waals surface area (Å²) in [7, 11) is 0. The Kier molecular flexibility index (Phi) is 4.51. The van der Waals surface area contributed by atoms with Gasteiger partial charge in [-0.2, -0.15) is 0 Å². The molecule has 2 N–H and O–H groups in total. The van der Waals surface area contributed by atoms with Crippen LogP contribution in [0.1, 0.15) is 29.7 Å². The first-order valence-electron chi connectivity index (χ1n) is 9.62. The molecule has 0 radical (unpaired) electrons. The van der Waals surface area contributed by atoms with Crippen LogP contribution in [0.4, 0.5) is 0 Å². The molecule has 1 aliphatic carbocycles. The van der Waals surface area contributed by atoms with E-state index in [2.05, 4.69) is 44.4 Å². The first-order chi connectivity index (χ1) is 13.7. The molecule has 3 aromatic rings. The zero-order valence-corrected chi connectivity index (χ0v) is 17.0. The lowest BCUT2D eigenvalue weighted by atomic mass is 9.91. The Labute approximate surface area is 171 Å². The number of hydrogen-bond acceptors (Lipinski definition) is 3. The van der Waals surface area contributed by atoms with E-state index >= 15 is 0 Å². The predicted molar refractivity (Wildman–Crippen MR) is 111 cm³/mol. The molecule has 1 amide bonds. The normalized spacial score (nSPS) is 17.5. The number of benzene rings is 2. The van der Waals surface area contributed by atoms with E-state index in [0.29, 0.717) is 12.8 Å². The number of nitrogens with one attached hydrogen (secondary N) is 2. The molecular formula is C22H21BrN2O3. The number of H-pyrrole nitrogens is 1. The van der Waals surface area contributed by atoms with Crippen molar-refractivity contribution in [1.82, 2.24) is 10.3 Å². The molecule has 2 heterocycles. The quantitative estimate of drug-likeness (QED) is 0.636. The fourth-order valence-electron chi connectivity index (χ4n) is 4.17. The van der Waals surface area contributed by atoms with E-state index in [9.17, 15) is 4.79 Å². The van der Waals surface area contributed by atoms with Crippen molar-refractivity contribution < 1.29 is 14.3 Å². The second kappa shape index (κ2) is 7.17. The number of fused-ring (bicyclic) bond motifs is 4. The molecule has 28 heavy (non-hydrogen) atoms. The Hall–Kier alpha value is -2.47. The molecule has 0 saturated carbocycles. The first-order valence-corrected chi connectivity index (χ1v) is 10.4. The van der Waals surface area contributed by atoms with Crippen LogP contribution in [0, 0.1) is 0 Å². The summed E-state index contributed by atoms with van der Waals surface area (Å²) < 4.78 is 11.8. The summed E-state index contributed by atoms with van der Waals surface area (Å²) in [5.74, 6) is 1.65. The van der Waals surface area contributed by atoms with Gasteiger partial charge in [0.05, 0.1) is 0 Å². The van der Waals surface area contributed by atoms with Gasteiger partial charge in [0.15, 0.2) is 11.5 Å². The van der Waals surface area contributed by atoms with Gasteiger partial charge in [-0.15, -0.1) is 0 Å². The molecule has 5 rings (SSSR count). The maximum Gasteiger partial charge on any atom is 0.231 e. The summed E-state index contributed by atoms with van der Waals surface area (Å²) in [5.41, 5.74) is 4.90. The third-order valence-electron chi connectivity index (χ3n) is 5.59. The fourth-order valence-corrected chi connectivity index (χ4v) is 4.53. The molecule has 1 unspecified atom stereocenters. The average Bonchev–Trinajstić information content (AvgIpc) is 3.30. The van der Waals surface area contributed by atoms with Crippen molar-refractivity contribution in [1.29, 1.82) is 0 Å². The van der Waals surface area contributed by atoms with E-state index < -0.39 is 0 Å². The number of carbonyl (C=O) groups excluding carboxylic acids is 1. The minimum Gasteiger partial charge on any atom is -0.454 e. The van der Waals surface area contributed by atoms with Gasteiger partial charge in [0, 0.05) is 33.5 Å². The van der Waals surface area contributed by atoms with Crippen LogP contribution >= 0.6 is 15.9 Å². The molecule has 0 bridgehead atoms. The summed E-state index contributed by atoms with van der Waals surface area (Å²) in [5, 5.41) is 4.48. The smallest absolute Gasteiger partial charge is 0.231 e. The highest BCUT2D eigenvalue weighted by Gasteiger charge is 2.24. The standard InChI is InChI=1S/C22H21BrN2O3/c23-14-3-5-18-16(10-14)17-11-15(4-6-19(17)25-18)24-22(26)8-2-13-1-7-20-21(9-13)28-12-27-20/h1,3,5,7,9-10,15,25H,2,4,6,8,11-12H2,(H,24,26). The Morgan fingerprint density at radius 2 is 2.07 bits per heavy atom. The number of carbonyl (C=O) groups is 1. The third kappa shape index (κ3) is 3.37. The molecule has 5 nitrogen and oxygen atoms in total. The van der Waals surface area contributed by atoms with Crippen molar-refractivity contribution in [2.24, 2.45) is 0 Å². The summed E-state index contributed by atoms with van der Waals surface area (Å²) in [6.45, 7) is 0.271. The topological polar surface area (TPSA) is 63.4 Å². The number of aromatic nitrogens is 1. The molecule has 6 heteroatoms. The van der Waals surface area contributed by atoms with Gasteiger partial charge in [0.2, 0.25) is 12.7 Å². The zero-order chi connectivity index (χ0) is 19.1. The number of halogens is 1. The Balaban J connectivity index is 1.22. The highest BCUT2D eigenvalue weighted by atomic mass is 79.9. The lowest BCUT2D eigenvalue weighted by molar-refractivity contribution is -0.121. The van der Waals surface area contributed by atoms with Crippen LogP contribution < -0.4 is 14.8 Å². The number of aryl methyl sites for hydroxylation is 2. The number of hydrogen-bond donors (Lipinski definition) is 2. The van der Waals surface area contributed by atoms with Crippen molar-refractivity contribution in [3.63, 3.8) is 0 Å². The van der Waals surface area contributed by atoms with Gasteiger partial charge in [-0.05, 0) is 67.1 Å². The molecule has 1 atom stereocenters. The molecule has 144 valence electrons. The summed E-state index contributed by atoms with van der Waals surface area (Å²) >= 11 is 3.56. The van der Waals surface area contributed by atoms with Crippen LogP contribution in [-0.2, 0) is 24.1 Å². The van der Waals surface area contributed by atoms with Gasteiger partial charge in [0.25, 0.3) is 0 Å². The van der Waals surface area contributed by atoms with Crippen LogP contribution in [0.2, 0.25) is 0 Å². The van der Waals surface area contributed by atoms with E-state index in [1.54, 1.807) is 0 Å². The molecule has 1 aliphatic heterocycles. The van der Waals surface area contributed by atoms with Gasteiger partial charge in [-0.25, -0.2) is 0 Å². The van der Waals surface area contributed by atoms with E-state index in [4.69, 9.17) is 9.47 Å². The Bertz CT molecular complexity index is 1060. The highest BCUT2D eigenvalue weighted by molar-refractivity contribution is 9.10. The van der Waals surface area contributed by atoms with Crippen molar-refractivity contribution in [3.05, 3.63) is 57.7 Å². The van der Waals surface area contributed by atoms with Crippen LogP contribution in [-0.4, -0.2) is 23.7 Å². The minimum atomic E-state index is 0.104. The van der Waals surface area contributed by atoms with Gasteiger partial charge in [0.1, 0.15) is 0 Å². The number of amides is 1. The summed E-state index contributed by atoms with van der Waals surface area (Å²) in [4.78, 5) is 16.0. The number of ether oxygens (including phenoxy) is 2. The first kappa shape index (κ1) is 17.6. The van der Waals surface area contributed by atoms with Crippen molar-refractivity contribution in [2.45, 2.75) is 38.1 Å². The van der Waals surface area contributed by atoms with E-state index in [1.165, 1.54) is 22.2 Å². The Morgan fingerprint density at radius 3 is 3.00 bits per heavy atom. The van der Waals surface area contributed by atoms with Gasteiger partial charge < -0.3 is 19.8 Å². The van der Waals surface area contributed by atoms with Crippen LogP contribution in [0.5, 0.6) is 11.5 Å². The minimum absolute atomic E-state index is 0.104. The number of aromatic amines is 1. The summed E-state index contributed by atoms with van der Waals surface area (Å²) in [6.07, 6.45) is 3.98. The maximum atomic E-state index is 12.5. The SMILES string of the molecule is O=C(CCc1ccc2c(c1)OCO2)NC1CCc2[nH]c3ccc(Br)cc3c2C1. The van der Waals surface area contributed by atoms with E-state index in [-0.39, 0.29) is 18.7 Å². The molecule has 1 aromatic heterocycles. The largest absolute Gasteiger partial charge is 0.454 e. The lowest BCUT2D eigenvalue weighted by Gasteiger charge is -2.23. The van der Waals surface area contributed by atoms with Gasteiger partial charge >= 0.3 is 0 Å². The highest BCUT2D eigenvalue weighted by Crippen LogP contribution is 2.33. The second-order valence-electron chi connectivity index (χ2n) is 7.47. The van der Waals surface area contributed by atoms with Crippen LogP contribution in [0.25, 0.3) is 10.9 Å². The van der Waals surface area contributed by atoms with Crippen LogP contribution in [0.15, 0.2) is 40.9 Å². The molecule has 0 saturated heterocycles. The zero-order valence-electron chi connectivity index (χ0n) is 15.4. The maximum absolute atomic E-state index is 12.5. The second-order valence-corrected chi connectivity index (χ2v) is 8.38. The van der Waals surface area contributed by atoms with E-state index in [1.807, 2.05) is 18.2 Å². The average molecular weight is 441 g/mol. The third-order valence-corrected chi connectivity index (χ3v) is 6.09. The predicted octanol–water partition coefficient (Wildman–Crippen LogP) is 4.27. The van der Waals surface area contributed by atoms with Crippen LogP contribution in [0.3, 0.4) is 0 Å². The van der Waals surface area contributed by atoms with E-state index in [0.717, 1.165) is 40.8 Å². The van der Waals surface area contributed by atoms with Crippen molar-refractivity contribution in [2.75, 3.05) is 6.79 Å². The summed E-state index contributed by atoms with van der Waals surface area (Å²) in [6, 6.07) is 12.4. The van der Waals surface area contributed by atoms with Crippen molar-refractivity contribution in [3.8, 4) is 11.5 Å². The van der Waals surface area contributed by atoms with Gasteiger partial charge in [-0.3, -0.25) is 4.79 Å². The van der Waals surface area contributed by atoms with Gasteiger partial charge in [-0.1, -0.05) is 22.0 Å². The molecule has 2 aliphatic rings.